The number of rotatable bonds is 6. The molecular formula is C12H17N3O4. The van der Waals surface area contributed by atoms with Crippen LogP contribution in [0.5, 0.6) is 0 Å². The van der Waals surface area contributed by atoms with E-state index < -0.39 is 18.1 Å². The lowest BCUT2D eigenvalue weighted by atomic mass is 10.1. The van der Waals surface area contributed by atoms with E-state index in [1.807, 2.05) is 13.0 Å². The van der Waals surface area contributed by atoms with Crippen LogP contribution in [0.2, 0.25) is 0 Å². The van der Waals surface area contributed by atoms with Crippen LogP contribution in [0.15, 0.2) is 24.5 Å². The van der Waals surface area contributed by atoms with E-state index in [1.54, 1.807) is 18.5 Å². The Bertz CT molecular complexity index is 424. The normalized spacial score (nSPS) is 13.4. The first-order valence-electron chi connectivity index (χ1n) is 5.86. The maximum Gasteiger partial charge on any atom is 0.332 e. The molecule has 0 spiro atoms. The van der Waals surface area contributed by atoms with Crippen molar-refractivity contribution in [1.82, 2.24) is 15.6 Å². The summed E-state index contributed by atoms with van der Waals surface area (Å²) in [6.45, 7) is 1.89. The molecule has 0 aliphatic heterocycles. The average Bonchev–Trinajstić information content (AvgIpc) is 2.39. The lowest BCUT2D eigenvalue weighted by molar-refractivity contribution is -0.146. The highest BCUT2D eigenvalue weighted by atomic mass is 16.4. The number of aliphatic carboxylic acids is 1. The zero-order valence-corrected chi connectivity index (χ0v) is 10.5. The summed E-state index contributed by atoms with van der Waals surface area (Å²) in [7, 11) is 0. The predicted molar refractivity (Wildman–Crippen MR) is 67.4 cm³/mol. The van der Waals surface area contributed by atoms with Gasteiger partial charge in [-0.15, -0.1) is 0 Å². The van der Waals surface area contributed by atoms with Crippen molar-refractivity contribution in [3.05, 3.63) is 30.1 Å². The van der Waals surface area contributed by atoms with E-state index in [0.717, 1.165) is 5.56 Å². The standard InChI is InChI=1S/C12H17N3O4/c1-8(9-3-2-5-13-7-9)15-12(19)14-6-4-10(16)11(17)18/h2-3,5,7-8,10,16H,4,6H2,1H3,(H,17,18)(H2,14,15,19)/t8?,10-/m0/s1. The predicted octanol–water partition coefficient (Wildman–Crippen LogP) is 0.277. The molecule has 0 aromatic carbocycles. The highest BCUT2D eigenvalue weighted by Gasteiger charge is 2.13. The molecule has 1 aromatic rings. The summed E-state index contributed by atoms with van der Waals surface area (Å²) in [6, 6.07) is 2.98. The van der Waals surface area contributed by atoms with Crippen molar-refractivity contribution in [1.29, 1.82) is 0 Å². The van der Waals surface area contributed by atoms with E-state index in [-0.39, 0.29) is 19.0 Å². The van der Waals surface area contributed by atoms with Gasteiger partial charge in [-0.05, 0) is 18.6 Å². The van der Waals surface area contributed by atoms with Crippen molar-refractivity contribution in [2.45, 2.75) is 25.5 Å². The molecule has 2 amide bonds. The number of pyridine rings is 1. The highest BCUT2D eigenvalue weighted by Crippen LogP contribution is 2.08. The molecule has 2 atom stereocenters. The Morgan fingerprint density at radius 1 is 1.47 bits per heavy atom. The van der Waals surface area contributed by atoms with Gasteiger partial charge in [0.25, 0.3) is 0 Å². The number of nitrogens with zero attached hydrogens (tertiary/aromatic N) is 1. The Hall–Kier alpha value is -2.15. The van der Waals surface area contributed by atoms with E-state index in [9.17, 15) is 9.59 Å². The molecule has 0 saturated heterocycles. The summed E-state index contributed by atoms with van der Waals surface area (Å²) in [5.74, 6) is -1.30. The molecule has 19 heavy (non-hydrogen) atoms. The number of hydrogen-bond donors (Lipinski definition) is 4. The summed E-state index contributed by atoms with van der Waals surface area (Å²) in [5.41, 5.74) is 0.864. The van der Waals surface area contributed by atoms with Gasteiger partial charge < -0.3 is 20.8 Å². The summed E-state index contributed by atoms with van der Waals surface area (Å²) in [4.78, 5) is 25.8. The summed E-state index contributed by atoms with van der Waals surface area (Å²) < 4.78 is 0. The van der Waals surface area contributed by atoms with Crippen LogP contribution < -0.4 is 10.6 Å². The molecule has 1 heterocycles. The average molecular weight is 267 g/mol. The second-order valence-corrected chi connectivity index (χ2v) is 4.05. The molecule has 0 fully saturated rings. The molecule has 104 valence electrons. The summed E-state index contributed by atoms with van der Waals surface area (Å²) in [6.07, 6.45) is 1.79. The largest absolute Gasteiger partial charge is 0.479 e. The number of carboxylic acids is 1. The highest BCUT2D eigenvalue weighted by molar-refractivity contribution is 5.75. The van der Waals surface area contributed by atoms with Crippen LogP contribution in [0.4, 0.5) is 4.79 Å². The Balaban J connectivity index is 2.30. The van der Waals surface area contributed by atoms with Crippen LogP contribution in [0.3, 0.4) is 0 Å². The van der Waals surface area contributed by atoms with Crippen molar-refractivity contribution < 1.29 is 19.8 Å². The van der Waals surface area contributed by atoms with Gasteiger partial charge in [0, 0.05) is 25.4 Å². The van der Waals surface area contributed by atoms with Gasteiger partial charge in [0.15, 0.2) is 6.10 Å². The van der Waals surface area contributed by atoms with E-state index >= 15 is 0 Å². The van der Waals surface area contributed by atoms with Gasteiger partial charge >= 0.3 is 12.0 Å². The maximum atomic E-state index is 11.5. The third kappa shape index (κ3) is 5.35. The number of carbonyl (C=O) groups is 2. The number of nitrogens with one attached hydrogen (secondary N) is 2. The Labute approximate surface area is 110 Å². The number of carboxylic acid groups (broad SMARTS) is 1. The van der Waals surface area contributed by atoms with E-state index in [1.165, 1.54) is 0 Å². The van der Waals surface area contributed by atoms with Crippen LogP contribution in [0.1, 0.15) is 24.9 Å². The minimum atomic E-state index is -1.46. The maximum absolute atomic E-state index is 11.5. The Morgan fingerprint density at radius 3 is 2.79 bits per heavy atom. The second kappa shape index (κ2) is 7.32. The zero-order valence-electron chi connectivity index (χ0n) is 10.5. The summed E-state index contributed by atoms with van der Waals surface area (Å²) in [5, 5.41) is 22.6. The zero-order chi connectivity index (χ0) is 14.3. The van der Waals surface area contributed by atoms with E-state index in [0.29, 0.717) is 0 Å². The van der Waals surface area contributed by atoms with Gasteiger partial charge in [0.2, 0.25) is 0 Å². The number of amides is 2. The molecule has 0 radical (unpaired) electrons. The van der Waals surface area contributed by atoms with E-state index in [4.69, 9.17) is 10.2 Å². The van der Waals surface area contributed by atoms with Crippen molar-refractivity contribution in [2.75, 3.05) is 6.54 Å². The summed E-state index contributed by atoms with van der Waals surface area (Å²) >= 11 is 0. The SMILES string of the molecule is CC(NC(=O)NCC[C@H](O)C(=O)O)c1cccnc1. The van der Waals surface area contributed by atoms with E-state index in [2.05, 4.69) is 15.6 Å². The van der Waals surface area contributed by atoms with Crippen molar-refractivity contribution in [3.8, 4) is 0 Å². The van der Waals surface area contributed by atoms with Crippen molar-refractivity contribution >= 4 is 12.0 Å². The molecular weight excluding hydrogens is 250 g/mol. The van der Waals surface area contributed by atoms with Crippen LogP contribution in [0, 0.1) is 0 Å². The van der Waals surface area contributed by atoms with Gasteiger partial charge in [0.1, 0.15) is 0 Å². The quantitative estimate of drug-likeness (QED) is 0.591. The monoisotopic (exact) mass is 267 g/mol. The molecule has 1 unspecified atom stereocenters. The van der Waals surface area contributed by atoms with Gasteiger partial charge in [-0.3, -0.25) is 4.98 Å². The molecule has 7 nitrogen and oxygen atoms in total. The molecule has 4 N–H and O–H groups in total. The van der Waals surface area contributed by atoms with Gasteiger partial charge in [-0.2, -0.15) is 0 Å². The van der Waals surface area contributed by atoms with Crippen LogP contribution >= 0.6 is 0 Å². The van der Waals surface area contributed by atoms with Gasteiger partial charge in [-0.1, -0.05) is 6.07 Å². The lowest BCUT2D eigenvalue weighted by Gasteiger charge is -2.14. The Kier molecular flexibility index (Phi) is 5.74. The number of urea groups is 1. The first-order valence-corrected chi connectivity index (χ1v) is 5.86. The first-order chi connectivity index (χ1) is 9.00. The molecule has 7 heteroatoms. The Morgan fingerprint density at radius 2 is 2.21 bits per heavy atom. The van der Waals surface area contributed by atoms with Gasteiger partial charge in [0.05, 0.1) is 6.04 Å². The second-order valence-electron chi connectivity index (χ2n) is 4.05. The number of aliphatic hydroxyl groups is 1. The fourth-order valence-electron chi connectivity index (χ4n) is 1.41. The fourth-order valence-corrected chi connectivity index (χ4v) is 1.41. The third-order valence-electron chi connectivity index (χ3n) is 2.52. The first kappa shape index (κ1) is 14.9. The topological polar surface area (TPSA) is 112 Å². The van der Waals surface area contributed by atoms with Crippen molar-refractivity contribution in [3.63, 3.8) is 0 Å². The van der Waals surface area contributed by atoms with Crippen LogP contribution in [-0.2, 0) is 4.79 Å². The number of aliphatic hydroxyl groups excluding tert-OH is 1. The van der Waals surface area contributed by atoms with Gasteiger partial charge in [-0.25, -0.2) is 9.59 Å². The molecule has 0 bridgehead atoms. The fraction of sp³-hybridized carbons (Fsp3) is 0.417. The molecule has 0 aliphatic rings. The van der Waals surface area contributed by atoms with Crippen molar-refractivity contribution in [2.24, 2.45) is 0 Å². The number of hydrogen-bond acceptors (Lipinski definition) is 4. The molecule has 1 aromatic heterocycles. The van der Waals surface area contributed by atoms with Crippen LogP contribution in [0.25, 0.3) is 0 Å². The smallest absolute Gasteiger partial charge is 0.332 e. The third-order valence-corrected chi connectivity index (χ3v) is 2.52. The lowest BCUT2D eigenvalue weighted by Crippen LogP contribution is -2.39. The molecule has 0 saturated carbocycles. The van der Waals surface area contributed by atoms with Crippen LogP contribution in [-0.4, -0.2) is 39.8 Å². The molecule has 1 rings (SSSR count). The molecule has 0 aliphatic carbocycles. The number of aromatic nitrogens is 1. The minimum Gasteiger partial charge on any atom is -0.479 e. The number of carbonyl (C=O) groups excluding carboxylic acids is 1. The minimum absolute atomic E-state index is 0.0377.